The Morgan fingerprint density at radius 3 is 2.70 bits per heavy atom. The van der Waals surface area contributed by atoms with Crippen LogP contribution in [-0.4, -0.2) is 9.97 Å². The van der Waals surface area contributed by atoms with Gasteiger partial charge < -0.3 is 4.98 Å². The van der Waals surface area contributed by atoms with E-state index in [0.717, 1.165) is 33.6 Å². The first-order valence-electron chi connectivity index (χ1n) is 6.74. The molecule has 0 aliphatic rings. The molecule has 0 saturated carbocycles. The van der Waals surface area contributed by atoms with E-state index in [1.165, 1.54) is 4.88 Å². The van der Waals surface area contributed by atoms with Gasteiger partial charge in [0.15, 0.2) is 0 Å². The molecule has 102 valence electrons. The molecule has 0 amide bonds. The lowest BCUT2D eigenvalue weighted by atomic mass is 10.1. The van der Waals surface area contributed by atoms with Gasteiger partial charge in [-0.2, -0.15) is 0 Å². The van der Waals surface area contributed by atoms with Crippen LogP contribution in [0.2, 0.25) is 0 Å². The first kappa shape index (κ1) is 13.1. The second-order valence-electron chi connectivity index (χ2n) is 4.85. The molecule has 2 aromatic heterocycles. The van der Waals surface area contributed by atoms with Gasteiger partial charge in [0.2, 0.25) is 0 Å². The summed E-state index contributed by atoms with van der Waals surface area (Å²) < 4.78 is 0. The Morgan fingerprint density at radius 1 is 1.25 bits per heavy atom. The summed E-state index contributed by atoms with van der Waals surface area (Å²) in [6.07, 6.45) is 1.53. The number of fused-ring (bicyclic) bond motifs is 1. The SMILES string of the molecule is CCc1c(C)sc2nc(Cc3ccccc3)[nH]c(=O)c12. The lowest BCUT2D eigenvalue weighted by molar-refractivity contribution is 0.974. The van der Waals surface area contributed by atoms with Crippen LogP contribution in [0.5, 0.6) is 0 Å². The van der Waals surface area contributed by atoms with Crippen molar-refractivity contribution >= 4 is 21.6 Å². The van der Waals surface area contributed by atoms with Gasteiger partial charge in [0.25, 0.3) is 5.56 Å². The molecule has 3 rings (SSSR count). The number of rotatable bonds is 3. The standard InChI is InChI=1S/C16H16N2OS/c1-3-12-10(2)20-16-14(12)15(19)17-13(18-16)9-11-7-5-4-6-8-11/h4-8H,3,9H2,1-2H3,(H,17,18,19). The molecule has 0 atom stereocenters. The molecule has 4 heteroatoms. The van der Waals surface area contributed by atoms with Gasteiger partial charge in [-0.05, 0) is 24.5 Å². The molecule has 3 nitrogen and oxygen atoms in total. The molecule has 20 heavy (non-hydrogen) atoms. The highest BCUT2D eigenvalue weighted by molar-refractivity contribution is 7.18. The van der Waals surface area contributed by atoms with Crippen molar-refractivity contribution in [2.45, 2.75) is 26.7 Å². The minimum absolute atomic E-state index is 0.0119. The summed E-state index contributed by atoms with van der Waals surface area (Å²) in [5.41, 5.74) is 2.27. The number of nitrogens with one attached hydrogen (secondary N) is 1. The highest BCUT2D eigenvalue weighted by Gasteiger charge is 2.13. The number of hydrogen-bond acceptors (Lipinski definition) is 3. The average Bonchev–Trinajstić information content (AvgIpc) is 2.75. The van der Waals surface area contributed by atoms with E-state index in [2.05, 4.69) is 23.8 Å². The minimum Gasteiger partial charge on any atom is -0.310 e. The summed E-state index contributed by atoms with van der Waals surface area (Å²) in [7, 11) is 0. The van der Waals surface area contributed by atoms with Crippen LogP contribution in [0.15, 0.2) is 35.1 Å². The first-order chi connectivity index (χ1) is 9.69. The summed E-state index contributed by atoms with van der Waals surface area (Å²) in [6, 6.07) is 10.1. The van der Waals surface area contributed by atoms with E-state index in [1.807, 2.05) is 30.3 Å². The zero-order chi connectivity index (χ0) is 14.1. The molecule has 0 radical (unpaired) electrons. The third kappa shape index (κ3) is 2.27. The van der Waals surface area contributed by atoms with E-state index >= 15 is 0 Å². The highest BCUT2D eigenvalue weighted by Crippen LogP contribution is 2.27. The number of aryl methyl sites for hydroxylation is 2. The quantitative estimate of drug-likeness (QED) is 0.800. The van der Waals surface area contributed by atoms with Crippen molar-refractivity contribution in [2.24, 2.45) is 0 Å². The molecule has 1 N–H and O–H groups in total. The van der Waals surface area contributed by atoms with Crippen molar-refractivity contribution < 1.29 is 0 Å². The number of aromatic amines is 1. The maximum Gasteiger partial charge on any atom is 0.259 e. The van der Waals surface area contributed by atoms with Crippen LogP contribution in [-0.2, 0) is 12.8 Å². The van der Waals surface area contributed by atoms with Gasteiger partial charge in [0.1, 0.15) is 10.7 Å². The van der Waals surface area contributed by atoms with Gasteiger partial charge in [-0.1, -0.05) is 37.3 Å². The fourth-order valence-electron chi connectivity index (χ4n) is 2.52. The number of H-pyrrole nitrogens is 1. The Labute approximate surface area is 121 Å². The molecule has 0 fully saturated rings. The summed E-state index contributed by atoms with van der Waals surface area (Å²) in [5, 5.41) is 0.770. The second-order valence-corrected chi connectivity index (χ2v) is 6.05. The van der Waals surface area contributed by atoms with E-state index in [-0.39, 0.29) is 5.56 Å². The van der Waals surface area contributed by atoms with Crippen molar-refractivity contribution in [3.05, 3.63) is 62.5 Å². The Balaban J connectivity index is 2.09. The van der Waals surface area contributed by atoms with Gasteiger partial charge in [-0.25, -0.2) is 4.98 Å². The molecule has 0 saturated heterocycles. The third-order valence-corrected chi connectivity index (χ3v) is 4.52. The van der Waals surface area contributed by atoms with Crippen molar-refractivity contribution in [3.8, 4) is 0 Å². The summed E-state index contributed by atoms with van der Waals surface area (Å²) in [5.74, 6) is 0.734. The van der Waals surface area contributed by atoms with Gasteiger partial charge in [-0.3, -0.25) is 4.79 Å². The van der Waals surface area contributed by atoms with Gasteiger partial charge in [0.05, 0.1) is 5.39 Å². The van der Waals surface area contributed by atoms with Crippen molar-refractivity contribution in [3.63, 3.8) is 0 Å². The Hall–Kier alpha value is -1.94. The smallest absolute Gasteiger partial charge is 0.259 e. The average molecular weight is 284 g/mol. The van der Waals surface area contributed by atoms with E-state index < -0.39 is 0 Å². The maximum atomic E-state index is 12.3. The van der Waals surface area contributed by atoms with Crippen LogP contribution < -0.4 is 5.56 Å². The zero-order valence-electron chi connectivity index (χ0n) is 11.6. The summed E-state index contributed by atoms with van der Waals surface area (Å²) >= 11 is 1.61. The van der Waals surface area contributed by atoms with Crippen molar-refractivity contribution in [1.29, 1.82) is 0 Å². The zero-order valence-corrected chi connectivity index (χ0v) is 12.4. The van der Waals surface area contributed by atoms with E-state index in [9.17, 15) is 4.79 Å². The molecule has 0 spiro atoms. The molecule has 0 bridgehead atoms. The predicted octanol–water partition coefficient (Wildman–Crippen LogP) is 3.45. The van der Waals surface area contributed by atoms with Crippen molar-refractivity contribution in [1.82, 2.24) is 9.97 Å². The van der Waals surface area contributed by atoms with Crippen molar-refractivity contribution in [2.75, 3.05) is 0 Å². The fraction of sp³-hybridized carbons (Fsp3) is 0.250. The molecule has 3 aromatic rings. The van der Waals surface area contributed by atoms with Gasteiger partial charge in [-0.15, -0.1) is 11.3 Å². The number of benzene rings is 1. The monoisotopic (exact) mass is 284 g/mol. The molecule has 0 aliphatic carbocycles. The molecule has 0 aliphatic heterocycles. The first-order valence-corrected chi connectivity index (χ1v) is 7.55. The largest absolute Gasteiger partial charge is 0.310 e. The van der Waals surface area contributed by atoms with Crippen LogP contribution in [0, 0.1) is 6.92 Å². The number of thiophene rings is 1. The fourth-order valence-corrected chi connectivity index (χ4v) is 3.65. The Bertz CT molecular complexity index is 802. The van der Waals surface area contributed by atoms with Gasteiger partial charge >= 0.3 is 0 Å². The van der Waals surface area contributed by atoms with Gasteiger partial charge in [0, 0.05) is 11.3 Å². The minimum atomic E-state index is -0.0119. The van der Waals surface area contributed by atoms with E-state index in [4.69, 9.17) is 0 Å². The van der Waals surface area contributed by atoms with Crippen LogP contribution in [0.4, 0.5) is 0 Å². The van der Waals surface area contributed by atoms with Crippen LogP contribution >= 0.6 is 11.3 Å². The molecular formula is C16H16N2OS. The highest BCUT2D eigenvalue weighted by atomic mass is 32.1. The number of aromatic nitrogens is 2. The molecule has 0 unspecified atom stereocenters. The number of hydrogen-bond donors (Lipinski definition) is 1. The van der Waals surface area contributed by atoms with Crippen LogP contribution in [0.3, 0.4) is 0 Å². The molecule has 2 heterocycles. The Morgan fingerprint density at radius 2 is 2.00 bits per heavy atom. The summed E-state index contributed by atoms with van der Waals surface area (Å²) in [4.78, 5) is 21.9. The summed E-state index contributed by atoms with van der Waals surface area (Å²) in [6.45, 7) is 4.13. The normalized spacial score (nSPS) is 11.1. The van der Waals surface area contributed by atoms with E-state index in [0.29, 0.717) is 6.42 Å². The maximum absolute atomic E-state index is 12.3. The van der Waals surface area contributed by atoms with E-state index in [1.54, 1.807) is 11.3 Å². The number of nitrogens with zero attached hydrogens (tertiary/aromatic N) is 1. The lowest BCUT2D eigenvalue weighted by Gasteiger charge is -2.01. The lowest BCUT2D eigenvalue weighted by Crippen LogP contribution is -2.12. The molecule has 1 aromatic carbocycles. The second kappa shape index (κ2) is 5.21. The topological polar surface area (TPSA) is 45.8 Å². The van der Waals surface area contributed by atoms with Crippen LogP contribution in [0.1, 0.15) is 28.8 Å². The predicted molar refractivity (Wildman–Crippen MR) is 83.6 cm³/mol. The Kier molecular flexibility index (Phi) is 3.40. The van der Waals surface area contributed by atoms with Crippen LogP contribution in [0.25, 0.3) is 10.2 Å². The third-order valence-electron chi connectivity index (χ3n) is 3.48. The molecular weight excluding hydrogens is 268 g/mol.